The molecule has 1 aromatic carbocycles. The maximum absolute atomic E-state index is 13.4. The van der Waals surface area contributed by atoms with Gasteiger partial charge >= 0.3 is 0 Å². The lowest BCUT2D eigenvalue weighted by Crippen LogP contribution is -2.22. The molecule has 27 heavy (non-hydrogen) atoms. The summed E-state index contributed by atoms with van der Waals surface area (Å²) in [6.07, 6.45) is 0.945. The highest BCUT2D eigenvalue weighted by atomic mass is 19.1. The number of aromatic amines is 1. The van der Waals surface area contributed by atoms with E-state index in [0.717, 1.165) is 35.4 Å². The minimum absolute atomic E-state index is 0.0185. The third kappa shape index (κ3) is 3.78. The van der Waals surface area contributed by atoms with Crippen LogP contribution in [-0.2, 0) is 7.05 Å². The fourth-order valence-electron chi connectivity index (χ4n) is 3.68. The summed E-state index contributed by atoms with van der Waals surface area (Å²) in [5, 5.41) is 5.11. The number of alkyl halides is 1. The van der Waals surface area contributed by atoms with E-state index in [-0.39, 0.29) is 11.6 Å². The summed E-state index contributed by atoms with van der Waals surface area (Å²) in [7, 11) is 1.78. The Hall–Kier alpha value is -2.54. The zero-order valence-electron chi connectivity index (χ0n) is 15.2. The molecule has 0 bridgehead atoms. The second kappa shape index (κ2) is 7.23. The van der Waals surface area contributed by atoms with Crippen molar-refractivity contribution in [3.8, 4) is 11.4 Å². The van der Waals surface area contributed by atoms with Crippen molar-refractivity contribution in [2.45, 2.75) is 25.4 Å². The van der Waals surface area contributed by atoms with Crippen LogP contribution in [-0.4, -0.2) is 51.3 Å². The predicted molar refractivity (Wildman–Crippen MR) is 100.0 cm³/mol. The van der Waals surface area contributed by atoms with Gasteiger partial charge in [0.05, 0.1) is 11.4 Å². The first-order valence-electron chi connectivity index (χ1n) is 9.22. The maximum atomic E-state index is 13.4. The van der Waals surface area contributed by atoms with E-state index >= 15 is 0 Å². The van der Waals surface area contributed by atoms with Gasteiger partial charge in [0.2, 0.25) is 0 Å². The van der Waals surface area contributed by atoms with Crippen LogP contribution in [0.1, 0.15) is 29.8 Å². The van der Waals surface area contributed by atoms with Crippen molar-refractivity contribution in [3.05, 3.63) is 41.8 Å². The number of nitrogens with one attached hydrogen (secondary N) is 1. The lowest BCUT2D eigenvalue weighted by molar-refractivity contribution is 0.0970. The third-order valence-electron chi connectivity index (χ3n) is 5.12. The number of ketones is 1. The van der Waals surface area contributed by atoms with Crippen molar-refractivity contribution < 1.29 is 13.6 Å². The Bertz CT molecular complexity index is 978. The fourth-order valence-corrected chi connectivity index (χ4v) is 3.68. The van der Waals surface area contributed by atoms with E-state index in [1.54, 1.807) is 23.9 Å². The molecule has 0 aliphatic carbocycles. The molecule has 3 aromatic rings. The number of halogens is 2. The third-order valence-corrected chi connectivity index (χ3v) is 5.12. The van der Waals surface area contributed by atoms with Crippen molar-refractivity contribution >= 4 is 16.7 Å². The van der Waals surface area contributed by atoms with E-state index in [1.807, 2.05) is 6.07 Å². The molecule has 1 aliphatic rings. The van der Waals surface area contributed by atoms with Crippen LogP contribution < -0.4 is 0 Å². The molecule has 5 nitrogen and oxygen atoms in total. The Morgan fingerprint density at radius 1 is 1.33 bits per heavy atom. The van der Waals surface area contributed by atoms with Crippen LogP contribution in [0.5, 0.6) is 0 Å². The van der Waals surface area contributed by atoms with Gasteiger partial charge in [0.15, 0.2) is 5.78 Å². The number of aromatic nitrogens is 3. The first-order chi connectivity index (χ1) is 13.0. The van der Waals surface area contributed by atoms with Gasteiger partial charge in [0.25, 0.3) is 0 Å². The maximum Gasteiger partial charge on any atom is 0.183 e. The monoisotopic (exact) mass is 372 g/mol. The number of likely N-dealkylation sites (tertiary alicyclic amines) is 1. The number of fused-ring (bicyclic) bond motifs is 1. The number of H-pyrrole nitrogens is 1. The van der Waals surface area contributed by atoms with E-state index in [0.29, 0.717) is 31.5 Å². The van der Waals surface area contributed by atoms with Gasteiger partial charge in [-0.25, -0.2) is 8.78 Å². The van der Waals surface area contributed by atoms with Gasteiger partial charge < -0.3 is 9.88 Å². The molecule has 1 aliphatic heterocycles. The number of rotatable bonds is 6. The van der Waals surface area contributed by atoms with Gasteiger partial charge in [0, 0.05) is 37.5 Å². The van der Waals surface area contributed by atoms with Gasteiger partial charge in [-0.3, -0.25) is 9.48 Å². The van der Waals surface area contributed by atoms with Gasteiger partial charge in [-0.2, -0.15) is 5.10 Å². The topological polar surface area (TPSA) is 53.9 Å². The molecule has 1 fully saturated rings. The fraction of sp³-hybridized carbons (Fsp3) is 0.400. The quantitative estimate of drug-likeness (QED) is 0.671. The second-order valence-corrected chi connectivity index (χ2v) is 7.17. The Morgan fingerprint density at radius 2 is 2.19 bits per heavy atom. The van der Waals surface area contributed by atoms with Crippen molar-refractivity contribution in [1.29, 1.82) is 0 Å². The number of nitrogens with zero attached hydrogens (tertiary/aromatic N) is 3. The molecule has 2 aromatic heterocycles. The first kappa shape index (κ1) is 17.9. The van der Waals surface area contributed by atoms with E-state index < -0.39 is 6.17 Å². The Kier molecular flexibility index (Phi) is 4.78. The summed E-state index contributed by atoms with van der Waals surface area (Å²) >= 11 is 0. The normalized spacial score (nSPS) is 17.8. The van der Waals surface area contributed by atoms with Crippen molar-refractivity contribution in [1.82, 2.24) is 19.7 Å². The number of benzene rings is 1. The van der Waals surface area contributed by atoms with Crippen molar-refractivity contribution in [2.75, 3.05) is 19.6 Å². The van der Waals surface area contributed by atoms with Gasteiger partial charge in [0.1, 0.15) is 17.7 Å². The Balaban J connectivity index is 1.44. The molecule has 0 saturated carbocycles. The van der Waals surface area contributed by atoms with E-state index in [2.05, 4.69) is 15.0 Å². The van der Waals surface area contributed by atoms with Gasteiger partial charge in [-0.15, -0.1) is 0 Å². The summed E-state index contributed by atoms with van der Waals surface area (Å²) in [5.74, 6) is -0.305. The predicted octanol–water partition coefficient (Wildman–Crippen LogP) is 3.71. The van der Waals surface area contributed by atoms with Crippen LogP contribution in [0.2, 0.25) is 0 Å². The Labute approximate surface area is 156 Å². The zero-order chi connectivity index (χ0) is 19.0. The molecular formula is C20H22F2N4O. The van der Waals surface area contributed by atoms with Crippen molar-refractivity contribution in [2.24, 2.45) is 7.05 Å². The summed E-state index contributed by atoms with van der Waals surface area (Å²) < 4.78 is 28.2. The number of hydrogen-bond donors (Lipinski definition) is 1. The van der Waals surface area contributed by atoms with Crippen LogP contribution in [0.4, 0.5) is 8.78 Å². The highest BCUT2D eigenvalue weighted by Gasteiger charge is 2.21. The molecule has 0 spiro atoms. The highest BCUT2D eigenvalue weighted by molar-refractivity contribution is 5.95. The molecule has 1 atom stereocenters. The number of hydrogen-bond acceptors (Lipinski definition) is 3. The van der Waals surface area contributed by atoms with E-state index in [1.165, 1.54) is 12.1 Å². The largest absolute Gasteiger partial charge is 0.353 e. The molecule has 1 saturated heterocycles. The number of aryl methyl sites for hydroxylation is 1. The van der Waals surface area contributed by atoms with Crippen LogP contribution in [0.3, 0.4) is 0 Å². The lowest BCUT2D eigenvalue weighted by Gasteiger charge is -2.13. The minimum atomic E-state index is -0.733. The molecule has 3 heterocycles. The minimum Gasteiger partial charge on any atom is -0.353 e. The highest BCUT2D eigenvalue weighted by Crippen LogP contribution is 2.25. The summed E-state index contributed by atoms with van der Waals surface area (Å²) in [5.41, 5.74) is 2.81. The van der Waals surface area contributed by atoms with E-state index in [4.69, 9.17) is 0 Å². The average Bonchev–Trinajstić information content (AvgIpc) is 3.32. The zero-order valence-corrected chi connectivity index (χ0v) is 15.2. The van der Waals surface area contributed by atoms with Crippen LogP contribution in [0.25, 0.3) is 22.3 Å². The van der Waals surface area contributed by atoms with Gasteiger partial charge in [-0.05, 0) is 49.7 Å². The van der Waals surface area contributed by atoms with Crippen LogP contribution >= 0.6 is 0 Å². The summed E-state index contributed by atoms with van der Waals surface area (Å²) in [6.45, 7) is 1.98. The molecule has 0 radical (unpaired) electrons. The SMILES string of the molecule is Cn1nc(C(=O)CCCN2CC[C@@H](F)C2)cc1-c1cc2cc(F)ccc2[nH]1. The molecule has 0 amide bonds. The summed E-state index contributed by atoms with van der Waals surface area (Å²) in [6, 6.07) is 8.18. The number of carbonyl (C=O) groups excluding carboxylic acids is 1. The standard InChI is InChI=1S/C20H22F2N4O/c1-25-19(17-10-13-9-14(21)4-5-16(13)23-17)11-18(24-25)20(27)3-2-7-26-8-6-15(22)12-26/h4-5,9-11,15,23H,2-3,6-8,12H2,1H3/t15-/m1/s1. The molecule has 7 heteroatoms. The molecular weight excluding hydrogens is 350 g/mol. The van der Waals surface area contributed by atoms with Gasteiger partial charge in [-0.1, -0.05) is 0 Å². The molecule has 142 valence electrons. The molecule has 4 rings (SSSR count). The number of carbonyl (C=O) groups is 1. The first-order valence-corrected chi connectivity index (χ1v) is 9.22. The smallest absolute Gasteiger partial charge is 0.183 e. The van der Waals surface area contributed by atoms with Crippen LogP contribution in [0.15, 0.2) is 30.3 Å². The molecule has 1 N–H and O–H groups in total. The number of Topliss-reactive ketones (excluding diaryl/α,β-unsaturated/α-hetero) is 1. The van der Waals surface area contributed by atoms with E-state index in [9.17, 15) is 13.6 Å². The molecule has 0 unspecified atom stereocenters. The summed E-state index contributed by atoms with van der Waals surface area (Å²) in [4.78, 5) is 17.8. The average molecular weight is 372 g/mol. The second-order valence-electron chi connectivity index (χ2n) is 7.17. The lowest BCUT2D eigenvalue weighted by atomic mass is 10.1. The van der Waals surface area contributed by atoms with Crippen LogP contribution in [0, 0.1) is 5.82 Å². The van der Waals surface area contributed by atoms with Crippen molar-refractivity contribution in [3.63, 3.8) is 0 Å². The Morgan fingerprint density at radius 3 is 2.96 bits per heavy atom.